The first-order valence-electron chi connectivity index (χ1n) is 10.0. The van der Waals surface area contributed by atoms with Crippen molar-refractivity contribution < 1.29 is 28.8 Å². The summed E-state index contributed by atoms with van der Waals surface area (Å²) in [6.07, 6.45) is 4.38. The lowest BCUT2D eigenvalue weighted by Gasteiger charge is -2.26. The first-order chi connectivity index (χ1) is 14.6. The number of ether oxygens (including phenoxy) is 1. The van der Waals surface area contributed by atoms with Crippen LogP contribution in [0, 0.1) is 11.6 Å². The summed E-state index contributed by atoms with van der Waals surface area (Å²) < 4.78 is 33.0. The van der Waals surface area contributed by atoms with Gasteiger partial charge in [0.2, 0.25) is 0 Å². The molecule has 164 valence electrons. The molecule has 0 aliphatic carbocycles. The number of phenols is 2. The molecule has 3 rings (SSSR count). The molecule has 4 nitrogen and oxygen atoms in total. The molecule has 0 aromatic heterocycles. The Labute approximate surface area is 180 Å². The van der Waals surface area contributed by atoms with E-state index in [0.717, 1.165) is 23.3 Å². The maximum atomic E-state index is 13.7. The van der Waals surface area contributed by atoms with Gasteiger partial charge in [0.05, 0.1) is 0 Å². The number of allylic oxidation sites excluding steroid dienone is 5. The van der Waals surface area contributed by atoms with Crippen LogP contribution in [-0.2, 0) is 19.3 Å². The first-order valence-corrected chi connectivity index (χ1v) is 10.0. The van der Waals surface area contributed by atoms with Crippen LogP contribution < -0.4 is 4.74 Å². The number of aliphatic hydroxyl groups is 1. The van der Waals surface area contributed by atoms with Gasteiger partial charge in [-0.2, -0.15) is 0 Å². The van der Waals surface area contributed by atoms with Crippen LogP contribution in [0.4, 0.5) is 8.78 Å². The zero-order valence-electron chi connectivity index (χ0n) is 18.0. The zero-order chi connectivity index (χ0) is 22.9. The van der Waals surface area contributed by atoms with Crippen LogP contribution >= 0.6 is 0 Å². The van der Waals surface area contributed by atoms with Gasteiger partial charge in [0.25, 0.3) is 0 Å². The maximum absolute atomic E-state index is 13.7. The summed E-state index contributed by atoms with van der Waals surface area (Å²) in [6, 6.07) is 3.18. The Morgan fingerprint density at radius 3 is 2.10 bits per heavy atom. The van der Waals surface area contributed by atoms with Crippen LogP contribution in [0.1, 0.15) is 49.9 Å². The van der Waals surface area contributed by atoms with Gasteiger partial charge in [0, 0.05) is 28.7 Å². The molecular formula is C25H26F2O4. The number of halogens is 2. The molecule has 1 aliphatic heterocycles. The predicted molar refractivity (Wildman–Crippen MR) is 116 cm³/mol. The number of aliphatic hydroxyl groups excluding tert-OH is 1. The van der Waals surface area contributed by atoms with Gasteiger partial charge in [-0.05, 0) is 58.7 Å². The summed E-state index contributed by atoms with van der Waals surface area (Å²) in [4.78, 5) is 0. The molecule has 0 saturated heterocycles. The second-order valence-corrected chi connectivity index (χ2v) is 8.12. The Balaban J connectivity index is 2.17. The van der Waals surface area contributed by atoms with Crippen LogP contribution in [0.2, 0.25) is 0 Å². The van der Waals surface area contributed by atoms with Crippen LogP contribution in [0.15, 0.2) is 47.3 Å². The molecule has 0 spiro atoms. The van der Waals surface area contributed by atoms with Gasteiger partial charge in [-0.15, -0.1) is 0 Å². The van der Waals surface area contributed by atoms with E-state index >= 15 is 0 Å². The third-order valence-electron chi connectivity index (χ3n) is 5.11. The van der Waals surface area contributed by atoms with E-state index in [9.17, 15) is 24.1 Å². The molecule has 0 fully saturated rings. The highest BCUT2D eigenvalue weighted by molar-refractivity contribution is 5.73. The predicted octanol–water partition coefficient (Wildman–Crippen LogP) is 6.26. The van der Waals surface area contributed by atoms with Crippen molar-refractivity contribution in [2.75, 3.05) is 0 Å². The van der Waals surface area contributed by atoms with Gasteiger partial charge >= 0.3 is 0 Å². The van der Waals surface area contributed by atoms with Crippen LogP contribution in [-0.4, -0.2) is 15.3 Å². The Morgan fingerprint density at radius 2 is 1.52 bits per heavy atom. The summed E-state index contributed by atoms with van der Waals surface area (Å²) in [5.41, 5.74) is 3.37. The van der Waals surface area contributed by atoms with Crippen LogP contribution in [0.5, 0.6) is 17.2 Å². The molecule has 1 heterocycles. The smallest absolute Gasteiger partial charge is 0.172 e. The summed E-state index contributed by atoms with van der Waals surface area (Å²) in [7, 11) is 0. The topological polar surface area (TPSA) is 69.9 Å². The average Bonchev–Trinajstić information content (AvgIpc) is 2.69. The standard InChI is InChI=1S/C25H26F2O4/c1-13(2)5-8-16-22(29)17(9-6-14(3)4)25-18(23(16)30)12-21(28)24(31-25)15-7-10-19(26)20(27)11-15/h5-7,10-11,28-30H,8-9,12H2,1-4H3. The largest absolute Gasteiger partial charge is 0.508 e. The minimum Gasteiger partial charge on any atom is -0.508 e. The van der Waals surface area contributed by atoms with Crippen LogP contribution in [0.3, 0.4) is 0 Å². The van der Waals surface area contributed by atoms with E-state index in [4.69, 9.17) is 4.74 Å². The molecular weight excluding hydrogens is 402 g/mol. The molecule has 0 radical (unpaired) electrons. The summed E-state index contributed by atoms with van der Waals surface area (Å²) in [6.45, 7) is 7.69. The normalized spacial score (nSPS) is 12.8. The summed E-state index contributed by atoms with van der Waals surface area (Å²) in [5, 5.41) is 32.4. The summed E-state index contributed by atoms with van der Waals surface area (Å²) in [5.74, 6) is -2.37. The van der Waals surface area contributed by atoms with Crippen molar-refractivity contribution in [1.82, 2.24) is 0 Å². The van der Waals surface area contributed by atoms with E-state index in [-0.39, 0.29) is 40.8 Å². The Hall–Kier alpha value is -3.28. The Kier molecular flexibility index (Phi) is 6.39. The highest BCUT2D eigenvalue weighted by Gasteiger charge is 2.30. The van der Waals surface area contributed by atoms with Crippen molar-refractivity contribution >= 4 is 5.76 Å². The average molecular weight is 428 g/mol. The second-order valence-electron chi connectivity index (χ2n) is 8.12. The number of aromatic hydroxyl groups is 2. The van der Waals surface area contributed by atoms with Gasteiger partial charge in [0.15, 0.2) is 17.4 Å². The third kappa shape index (κ3) is 4.58. The van der Waals surface area contributed by atoms with Crippen molar-refractivity contribution in [3.8, 4) is 17.2 Å². The fraction of sp³-hybridized carbons (Fsp3) is 0.280. The number of hydrogen-bond acceptors (Lipinski definition) is 4. The van der Waals surface area contributed by atoms with Crippen molar-refractivity contribution in [3.63, 3.8) is 0 Å². The monoisotopic (exact) mass is 428 g/mol. The van der Waals surface area contributed by atoms with Gasteiger partial charge in [-0.25, -0.2) is 8.78 Å². The number of hydrogen-bond donors (Lipinski definition) is 3. The number of phenolic OH excluding ortho intramolecular Hbond substituents is 2. The number of benzene rings is 2. The minimum absolute atomic E-state index is 0.0410. The van der Waals surface area contributed by atoms with E-state index < -0.39 is 11.6 Å². The van der Waals surface area contributed by atoms with Crippen molar-refractivity contribution in [3.05, 3.63) is 81.1 Å². The molecule has 0 unspecified atom stereocenters. The fourth-order valence-electron chi connectivity index (χ4n) is 3.43. The molecule has 3 N–H and O–H groups in total. The van der Waals surface area contributed by atoms with E-state index in [0.29, 0.717) is 29.5 Å². The molecule has 0 atom stereocenters. The molecule has 1 aliphatic rings. The van der Waals surface area contributed by atoms with E-state index in [1.54, 1.807) is 0 Å². The molecule has 0 amide bonds. The minimum atomic E-state index is -1.07. The molecule has 2 aromatic rings. The summed E-state index contributed by atoms with van der Waals surface area (Å²) >= 11 is 0. The zero-order valence-corrected chi connectivity index (χ0v) is 18.0. The maximum Gasteiger partial charge on any atom is 0.172 e. The quantitative estimate of drug-likeness (QED) is 0.492. The number of fused-ring (bicyclic) bond motifs is 1. The van der Waals surface area contributed by atoms with Crippen LogP contribution in [0.25, 0.3) is 5.76 Å². The molecule has 0 bridgehead atoms. The van der Waals surface area contributed by atoms with E-state index in [2.05, 4.69) is 0 Å². The lowest BCUT2D eigenvalue weighted by molar-refractivity contribution is 0.346. The molecule has 2 aromatic carbocycles. The lowest BCUT2D eigenvalue weighted by Crippen LogP contribution is -2.13. The second kappa shape index (κ2) is 8.84. The van der Waals surface area contributed by atoms with E-state index in [1.165, 1.54) is 6.07 Å². The van der Waals surface area contributed by atoms with Crippen molar-refractivity contribution in [2.24, 2.45) is 0 Å². The molecule has 6 heteroatoms. The van der Waals surface area contributed by atoms with Gasteiger partial charge < -0.3 is 20.1 Å². The highest BCUT2D eigenvalue weighted by Crippen LogP contribution is 2.48. The lowest BCUT2D eigenvalue weighted by atomic mass is 9.92. The SMILES string of the molecule is CC(C)=CCc1c(O)c(CC=C(C)C)c2c(c1O)CC(O)=C(c1ccc(F)c(F)c1)O2. The highest BCUT2D eigenvalue weighted by atomic mass is 19.2. The first kappa shape index (κ1) is 22.4. The van der Waals surface area contributed by atoms with E-state index in [1.807, 2.05) is 39.8 Å². The number of rotatable bonds is 5. The van der Waals surface area contributed by atoms with Crippen molar-refractivity contribution in [2.45, 2.75) is 47.0 Å². The van der Waals surface area contributed by atoms with Gasteiger partial charge in [0.1, 0.15) is 23.0 Å². The van der Waals surface area contributed by atoms with Crippen molar-refractivity contribution in [1.29, 1.82) is 0 Å². The Morgan fingerprint density at radius 1 is 0.903 bits per heavy atom. The van der Waals surface area contributed by atoms with Gasteiger partial charge in [-0.1, -0.05) is 23.3 Å². The molecule has 0 saturated carbocycles. The van der Waals surface area contributed by atoms with Gasteiger partial charge in [-0.3, -0.25) is 0 Å². The molecule has 31 heavy (non-hydrogen) atoms. The third-order valence-corrected chi connectivity index (χ3v) is 5.11. The Bertz CT molecular complexity index is 1120. The fourth-order valence-corrected chi connectivity index (χ4v) is 3.43.